The van der Waals surface area contributed by atoms with Crippen molar-refractivity contribution in [1.82, 2.24) is 14.1 Å². The Labute approximate surface area is 161 Å². The molecule has 0 aromatic heterocycles. The summed E-state index contributed by atoms with van der Waals surface area (Å²) in [4.78, 5) is 15.7. The van der Waals surface area contributed by atoms with Gasteiger partial charge in [-0.3, -0.25) is 0 Å². The summed E-state index contributed by atoms with van der Waals surface area (Å²) >= 11 is 0. The van der Waals surface area contributed by atoms with Crippen LogP contribution in [0, 0.1) is 0 Å². The van der Waals surface area contributed by atoms with E-state index >= 15 is 0 Å². The van der Waals surface area contributed by atoms with Crippen molar-refractivity contribution in [1.29, 1.82) is 0 Å². The van der Waals surface area contributed by atoms with Crippen molar-refractivity contribution in [3.8, 4) is 0 Å². The number of hydrogen-bond donors (Lipinski definition) is 0. The summed E-state index contributed by atoms with van der Waals surface area (Å²) in [5.41, 5.74) is 0.165. The van der Waals surface area contributed by atoms with Crippen LogP contribution in [0.3, 0.4) is 0 Å². The predicted molar refractivity (Wildman–Crippen MR) is 105 cm³/mol. The molecule has 0 N–H and O–H groups in total. The van der Waals surface area contributed by atoms with Crippen LogP contribution in [0.25, 0.3) is 0 Å². The maximum atomic E-state index is 12.3. The molecule has 1 saturated heterocycles. The Morgan fingerprint density at radius 1 is 1.04 bits per heavy atom. The van der Waals surface area contributed by atoms with Gasteiger partial charge in [0.05, 0.1) is 0 Å². The zero-order chi connectivity index (χ0) is 20.2. The summed E-state index contributed by atoms with van der Waals surface area (Å²) < 4.78 is 35.1. The fourth-order valence-electron chi connectivity index (χ4n) is 2.50. The Morgan fingerprint density at radius 3 is 2.04 bits per heavy atom. The Bertz CT molecular complexity index is 777. The van der Waals surface area contributed by atoms with Gasteiger partial charge in [0.25, 0.3) is 0 Å². The highest BCUT2D eigenvalue weighted by Crippen LogP contribution is 2.15. The number of rotatable bonds is 3. The van der Waals surface area contributed by atoms with Crippen molar-refractivity contribution < 1.29 is 17.9 Å². The molecule has 0 spiro atoms. The molecular formula is C18H28N4O4S. The van der Waals surface area contributed by atoms with Gasteiger partial charge in [-0.15, -0.1) is 4.40 Å². The van der Waals surface area contributed by atoms with Crippen LogP contribution in [-0.2, 0) is 14.9 Å². The number of amides is 1. The summed E-state index contributed by atoms with van der Waals surface area (Å²) in [6.07, 6.45) is -0.360. The highest BCUT2D eigenvalue weighted by Gasteiger charge is 2.28. The molecule has 0 bridgehead atoms. The first-order valence-electron chi connectivity index (χ1n) is 8.80. The molecule has 0 atom stereocenters. The van der Waals surface area contributed by atoms with Gasteiger partial charge in [-0.05, 0) is 20.8 Å². The van der Waals surface area contributed by atoms with Gasteiger partial charge < -0.3 is 14.5 Å². The molecule has 0 unspecified atom stereocenters. The van der Waals surface area contributed by atoms with Crippen LogP contribution in [0.5, 0.6) is 0 Å². The summed E-state index contributed by atoms with van der Waals surface area (Å²) in [7, 11) is -0.882. The third-order valence-corrected chi connectivity index (χ3v) is 5.25. The number of carbonyl (C=O) groups is 1. The number of hydrogen-bond acceptors (Lipinski definition) is 4. The lowest BCUT2D eigenvalue weighted by molar-refractivity contribution is 0.0187. The van der Waals surface area contributed by atoms with E-state index in [1.54, 1.807) is 4.90 Å². The first-order valence-corrected chi connectivity index (χ1v) is 10.2. The van der Waals surface area contributed by atoms with Crippen molar-refractivity contribution >= 4 is 22.1 Å². The SMILES string of the molecule is CN(C)S(=O)(=O)N=C(c1ccccc1)N1CCN(C(=O)OC(C)(C)C)CC1. The molecule has 150 valence electrons. The summed E-state index contributed by atoms with van der Waals surface area (Å²) in [5.74, 6) is 0.383. The molecule has 0 aliphatic carbocycles. The number of piperazine rings is 1. The molecule has 1 fully saturated rings. The minimum atomic E-state index is -3.77. The molecule has 9 heteroatoms. The lowest BCUT2D eigenvalue weighted by Gasteiger charge is -2.37. The van der Waals surface area contributed by atoms with Gasteiger partial charge >= 0.3 is 16.3 Å². The molecule has 1 aromatic rings. The average molecular weight is 397 g/mol. The third-order valence-electron chi connectivity index (χ3n) is 3.93. The standard InChI is InChI=1S/C18H28N4O4S/c1-18(2,3)26-17(23)22-13-11-21(12-14-22)16(15-9-7-6-8-10-15)19-27(24,25)20(4)5/h6-10H,11-14H2,1-5H3. The van der Waals surface area contributed by atoms with Gasteiger partial charge in [0.1, 0.15) is 11.4 Å². The highest BCUT2D eigenvalue weighted by molar-refractivity contribution is 7.87. The number of nitrogens with zero attached hydrogens (tertiary/aromatic N) is 4. The van der Waals surface area contributed by atoms with Crippen LogP contribution >= 0.6 is 0 Å². The summed E-state index contributed by atoms with van der Waals surface area (Å²) in [5, 5.41) is 0. The van der Waals surface area contributed by atoms with Crippen LogP contribution in [0.15, 0.2) is 34.7 Å². The Morgan fingerprint density at radius 2 is 1.56 bits per heavy atom. The summed E-state index contributed by atoms with van der Waals surface area (Å²) in [6.45, 7) is 7.28. The molecule has 2 rings (SSSR count). The molecular weight excluding hydrogens is 368 g/mol. The first kappa shape index (κ1) is 21.2. The smallest absolute Gasteiger partial charge is 0.410 e. The van der Waals surface area contributed by atoms with E-state index in [4.69, 9.17) is 4.74 Å². The average Bonchev–Trinajstić information content (AvgIpc) is 2.59. The molecule has 8 nitrogen and oxygen atoms in total. The number of benzene rings is 1. The van der Waals surface area contributed by atoms with Crippen molar-refractivity contribution in [2.24, 2.45) is 4.40 Å². The van der Waals surface area contributed by atoms with E-state index in [2.05, 4.69) is 4.40 Å². The predicted octanol–water partition coefficient (Wildman–Crippen LogP) is 1.79. The largest absolute Gasteiger partial charge is 0.444 e. The van der Waals surface area contributed by atoms with Crippen molar-refractivity contribution in [2.75, 3.05) is 40.3 Å². The second kappa shape index (κ2) is 8.26. The van der Waals surface area contributed by atoms with E-state index in [0.29, 0.717) is 37.6 Å². The van der Waals surface area contributed by atoms with Crippen LogP contribution in [-0.4, -0.2) is 80.3 Å². The molecule has 27 heavy (non-hydrogen) atoms. The van der Waals surface area contributed by atoms with Gasteiger partial charge in [-0.1, -0.05) is 30.3 Å². The molecule has 0 saturated carbocycles. The minimum absolute atomic E-state index is 0.360. The minimum Gasteiger partial charge on any atom is -0.444 e. The molecule has 1 amide bonds. The number of amidine groups is 1. The molecule has 1 aliphatic heterocycles. The van der Waals surface area contributed by atoms with Gasteiger partial charge in [0.2, 0.25) is 0 Å². The van der Waals surface area contributed by atoms with Crippen LogP contribution in [0.4, 0.5) is 4.79 Å². The Kier molecular flexibility index (Phi) is 6.48. The maximum Gasteiger partial charge on any atom is 0.410 e. The van der Waals surface area contributed by atoms with Gasteiger partial charge in [-0.2, -0.15) is 12.7 Å². The topological polar surface area (TPSA) is 82.5 Å². The Balaban J connectivity index is 2.20. The molecule has 1 aliphatic rings. The maximum absolute atomic E-state index is 12.3. The van der Waals surface area contributed by atoms with Gasteiger partial charge in [0, 0.05) is 45.8 Å². The lowest BCUT2D eigenvalue weighted by Crippen LogP contribution is -2.52. The van der Waals surface area contributed by atoms with Crippen LogP contribution in [0.1, 0.15) is 26.3 Å². The third kappa shape index (κ3) is 5.93. The summed E-state index contributed by atoms with van der Waals surface area (Å²) in [6, 6.07) is 9.19. The fourth-order valence-corrected chi connectivity index (χ4v) is 3.10. The highest BCUT2D eigenvalue weighted by atomic mass is 32.2. The second-order valence-corrected chi connectivity index (χ2v) is 9.30. The molecule has 0 radical (unpaired) electrons. The number of ether oxygens (including phenoxy) is 1. The Hall–Kier alpha value is -2.13. The molecule has 1 aromatic carbocycles. The van der Waals surface area contributed by atoms with Crippen molar-refractivity contribution in [2.45, 2.75) is 26.4 Å². The van der Waals surface area contributed by atoms with E-state index in [1.807, 2.05) is 56.0 Å². The van der Waals surface area contributed by atoms with Crippen LogP contribution in [0.2, 0.25) is 0 Å². The van der Waals surface area contributed by atoms with E-state index in [1.165, 1.54) is 14.1 Å². The normalized spacial score (nSPS) is 16.6. The zero-order valence-electron chi connectivity index (χ0n) is 16.5. The second-order valence-electron chi connectivity index (χ2n) is 7.50. The zero-order valence-corrected chi connectivity index (χ0v) is 17.4. The van der Waals surface area contributed by atoms with Crippen LogP contribution < -0.4 is 0 Å². The first-order chi connectivity index (χ1) is 12.5. The van der Waals surface area contributed by atoms with Gasteiger partial charge in [-0.25, -0.2) is 4.79 Å². The van der Waals surface area contributed by atoms with E-state index in [-0.39, 0.29) is 6.09 Å². The monoisotopic (exact) mass is 396 g/mol. The van der Waals surface area contributed by atoms with Crippen molar-refractivity contribution in [3.05, 3.63) is 35.9 Å². The number of carbonyl (C=O) groups excluding carboxylic acids is 1. The fraction of sp³-hybridized carbons (Fsp3) is 0.556. The lowest BCUT2D eigenvalue weighted by atomic mass is 10.1. The van der Waals surface area contributed by atoms with E-state index < -0.39 is 15.8 Å². The van der Waals surface area contributed by atoms with Gasteiger partial charge in [0.15, 0.2) is 0 Å². The molecule has 1 heterocycles. The van der Waals surface area contributed by atoms with Crippen molar-refractivity contribution in [3.63, 3.8) is 0 Å². The van der Waals surface area contributed by atoms with E-state index in [9.17, 15) is 13.2 Å². The quantitative estimate of drug-likeness (QED) is 0.575. The van der Waals surface area contributed by atoms with E-state index in [0.717, 1.165) is 4.31 Å².